The largest absolute Gasteiger partial charge is 0.336 e. The highest BCUT2D eigenvalue weighted by atomic mass is 16.2. The summed E-state index contributed by atoms with van der Waals surface area (Å²) in [6, 6.07) is 15.3. The van der Waals surface area contributed by atoms with E-state index >= 15 is 0 Å². The van der Waals surface area contributed by atoms with Crippen molar-refractivity contribution in [3.8, 4) is 11.3 Å². The Kier molecular flexibility index (Phi) is 4.86. The van der Waals surface area contributed by atoms with Gasteiger partial charge in [-0.15, -0.1) is 0 Å². The van der Waals surface area contributed by atoms with Crippen LogP contribution in [-0.2, 0) is 11.2 Å². The third kappa shape index (κ3) is 3.74. The van der Waals surface area contributed by atoms with Gasteiger partial charge in [0.1, 0.15) is 0 Å². The summed E-state index contributed by atoms with van der Waals surface area (Å²) in [5.74, 6) is 0.435. The fourth-order valence-corrected chi connectivity index (χ4v) is 4.22. The van der Waals surface area contributed by atoms with Gasteiger partial charge < -0.3 is 15.5 Å². The van der Waals surface area contributed by atoms with Crippen LogP contribution in [0.3, 0.4) is 0 Å². The van der Waals surface area contributed by atoms with Gasteiger partial charge in [-0.2, -0.15) is 0 Å². The summed E-state index contributed by atoms with van der Waals surface area (Å²) < 4.78 is 0. The van der Waals surface area contributed by atoms with Gasteiger partial charge in [-0.25, -0.2) is 9.97 Å². The third-order valence-electron chi connectivity index (χ3n) is 5.87. The molecule has 156 valence electrons. The molecular weight excluding hydrogens is 390 g/mol. The Morgan fingerprint density at radius 2 is 1.97 bits per heavy atom. The summed E-state index contributed by atoms with van der Waals surface area (Å²) in [5.41, 5.74) is 4.61. The van der Waals surface area contributed by atoms with E-state index in [1.165, 1.54) is 0 Å². The second-order valence-electron chi connectivity index (χ2n) is 8.03. The highest BCUT2D eigenvalue weighted by molar-refractivity contribution is 6.00. The van der Waals surface area contributed by atoms with Gasteiger partial charge >= 0.3 is 0 Å². The summed E-state index contributed by atoms with van der Waals surface area (Å²) >= 11 is 0. The molecule has 0 bridgehead atoms. The molecule has 0 saturated carbocycles. The highest BCUT2D eigenvalue weighted by Crippen LogP contribution is 2.32. The van der Waals surface area contributed by atoms with Crippen LogP contribution in [0.1, 0.15) is 35.7 Å². The molecule has 1 saturated heterocycles. The monoisotopic (exact) mass is 413 g/mol. The number of anilines is 3. The number of carbonyl (C=O) groups excluding carboxylic acids is 2. The molecule has 3 heterocycles. The predicted octanol–water partition coefficient (Wildman–Crippen LogP) is 4.01. The van der Waals surface area contributed by atoms with Gasteiger partial charge in [0.25, 0.3) is 5.91 Å². The van der Waals surface area contributed by atoms with Gasteiger partial charge in [-0.05, 0) is 50.1 Å². The number of benzene rings is 2. The van der Waals surface area contributed by atoms with E-state index < -0.39 is 0 Å². The Morgan fingerprint density at radius 1 is 1.16 bits per heavy atom. The number of aromatic nitrogens is 2. The van der Waals surface area contributed by atoms with Crippen LogP contribution in [0.25, 0.3) is 11.3 Å². The Balaban J connectivity index is 1.39. The van der Waals surface area contributed by atoms with Crippen LogP contribution in [0.15, 0.2) is 54.7 Å². The Morgan fingerprint density at radius 3 is 2.74 bits per heavy atom. The SMILES string of the molecule is CC1CCCN1C(=O)c1ccc(Nc2ncc3c(n2)-c2ccccc2NC(=O)C3)cc1. The van der Waals surface area contributed by atoms with E-state index in [1.54, 1.807) is 6.20 Å². The maximum Gasteiger partial charge on any atom is 0.254 e. The quantitative estimate of drug-likeness (QED) is 0.678. The van der Waals surface area contributed by atoms with Crippen molar-refractivity contribution in [3.63, 3.8) is 0 Å². The molecule has 2 aromatic carbocycles. The fraction of sp³-hybridized carbons (Fsp3) is 0.250. The van der Waals surface area contributed by atoms with E-state index in [4.69, 9.17) is 0 Å². The third-order valence-corrected chi connectivity index (χ3v) is 5.87. The molecule has 2 N–H and O–H groups in total. The van der Waals surface area contributed by atoms with Crippen LogP contribution in [0.4, 0.5) is 17.3 Å². The molecule has 31 heavy (non-hydrogen) atoms. The van der Waals surface area contributed by atoms with Gasteiger partial charge in [0.2, 0.25) is 11.9 Å². The lowest BCUT2D eigenvalue weighted by molar-refractivity contribution is -0.115. The molecule has 7 nitrogen and oxygen atoms in total. The van der Waals surface area contributed by atoms with Gasteiger partial charge in [0.05, 0.1) is 17.8 Å². The average Bonchev–Trinajstić information content (AvgIpc) is 3.15. The second-order valence-corrected chi connectivity index (χ2v) is 8.03. The van der Waals surface area contributed by atoms with E-state index in [1.807, 2.05) is 53.4 Å². The molecule has 7 heteroatoms. The smallest absolute Gasteiger partial charge is 0.254 e. The number of nitrogens with zero attached hydrogens (tertiary/aromatic N) is 3. The highest BCUT2D eigenvalue weighted by Gasteiger charge is 2.26. The first-order valence-electron chi connectivity index (χ1n) is 10.5. The molecule has 2 aliphatic heterocycles. The lowest BCUT2D eigenvalue weighted by Gasteiger charge is -2.21. The molecule has 1 atom stereocenters. The Hall–Kier alpha value is -3.74. The minimum absolute atomic E-state index is 0.0756. The van der Waals surface area contributed by atoms with Crippen LogP contribution in [0, 0.1) is 0 Å². The molecule has 2 aliphatic rings. The molecular formula is C24H23N5O2. The summed E-state index contributed by atoms with van der Waals surface area (Å²) in [6.45, 7) is 2.92. The van der Waals surface area contributed by atoms with Crippen molar-refractivity contribution in [1.82, 2.24) is 14.9 Å². The first-order valence-corrected chi connectivity index (χ1v) is 10.5. The molecule has 0 spiro atoms. The number of para-hydroxylation sites is 1. The topological polar surface area (TPSA) is 87.2 Å². The maximum atomic E-state index is 12.7. The molecule has 0 radical (unpaired) electrons. The lowest BCUT2D eigenvalue weighted by Crippen LogP contribution is -2.33. The van der Waals surface area contributed by atoms with Crippen molar-refractivity contribution >= 4 is 29.1 Å². The lowest BCUT2D eigenvalue weighted by atomic mass is 10.1. The number of amides is 2. The normalized spacial score (nSPS) is 17.4. The van der Waals surface area contributed by atoms with Gasteiger partial charge in [0, 0.05) is 41.2 Å². The van der Waals surface area contributed by atoms with E-state index in [0.717, 1.165) is 47.6 Å². The Labute approximate surface area is 180 Å². The van der Waals surface area contributed by atoms with Crippen LogP contribution < -0.4 is 10.6 Å². The molecule has 2 amide bonds. The summed E-state index contributed by atoms with van der Waals surface area (Å²) in [5, 5.41) is 6.13. The van der Waals surface area contributed by atoms with Crippen LogP contribution in [-0.4, -0.2) is 39.3 Å². The fourth-order valence-electron chi connectivity index (χ4n) is 4.22. The number of hydrogen-bond donors (Lipinski definition) is 2. The zero-order chi connectivity index (χ0) is 21.4. The number of hydrogen-bond acceptors (Lipinski definition) is 5. The van der Waals surface area contributed by atoms with Gasteiger partial charge in [-0.1, -0.05) is 18.2 Å². The molecule has 0 aliphatic carbocycles. The van der Waals surface area contributed by atoms with Crippen molar-refractivity contribution in [1.29, 1.82) is 0 Å². The predicted molar refractivity (Wildman–Crippen MR) is 119 cm³/mol. The van der Waals surface area contributed by atoms with E-state index in [-0.39, 0.29) is 18.2 Å². The van der Waals surface area contributed by atoms with Crippen molar-refractivity contribution < 1.29 is 9.59 Å². The molecule has 1 unspecified atom stereocenters. The first kappa shape index (κ1) is 19.2. The standard InChI is InChI=1S/C24H23N5O2/c1-15-5-4-12-29(15)23(31)16-8-10-18(11-9-16)26-24-25-14-17-13-21(30)27-20-7-3-2-6-19(20)22(17)28-24/h2-3,6-11,14-15H,4-5,12-13H2,1H3,(H,27,30)(H,25,26,28). The number of likely N-dealkylation sites (tertiary alicyclic amines) is 1. The first-order chi connectivity index (χ1) is 15.1. The number of nitrogens with one attached hydrogen (secondary N) is 2. The second kappa shape index (κ2) is 7.83. The number of fused-ring (bicyclic) bond motifs is 3. The van der Waals surface area contributed by atoms with Crippen LogP contribution in [0.5, 0.6) is 0 Å². The Bertz CT molecular complexity index is 1160. The zero-order valence-electron chi connectivity index (χ0n) is 17.3. The van der Waals surface area contributed by atoms with E-state index in [0.29, 0.717) is 17.6 Å². The minimum atomic E-state index is -0.0805. The molecule has 1 fully saturated rings. The van der Waals surface area contributed by atoms with Gasteiger partial charge in [-0.3, -0.25) is 9.59 Å². The van der Waals surface area contributed by atoms with E-state index in [9.17, 15) is 9.59 Å². The van der Waals surface area contributed by atoms with Crippen molar-refractivity contribution in [3.05, 3.63) is 65.9 Å². The minimum Gasteiger partial charge on any atom is -0.336 e. The van der Waals surface area contributed by atoms with Crippen molar-refractivity contribution in [2.45, 2.75) is 32.2 Å². The van der Waals surface area contributed by atoms with Gasteiger partial charge in [0.15, 0.2) is 0 Å². The van der Waals surface area contributed by atoms with Crippen molar-refractivity contribution in [2.75, 3.05) is 17.2 Å². The average molecular weight is 413 g/mol. The summed E-state index contributed by atoms with van der Waals surface area (Å²) in [6.07, 6.45) is 4.05. The number of rotatable bonds is 3. The zero-order valence-corrected chi connectivity index (χ0v) is 17.3. The molecule has 3 aromatic rings. The summed E-state index contributed by atoms with van der Waals surface area (Å²) in [7, 11) is 0. The van der Waals surface area contributed by atoms with Crippen molar-refractivity contribution in [2.24, 2.45) is 0 Å². The number of carbonyl (C=O) groups is 2. The van der Waals surface area contributed by atoms with Crippen LogP contribution in [0.2, 0.25) is 0 Å². The molecule has 1 aromatic heterocycles. The maximum absolute atomic E-state index is 12.7. The van der Waals surface area contributed by atoms with Crippen LogP contribution >= 0.6 is 0 Å². The summed E-state index contributed by atoms with van der Waals surface area (Å²) in [4.78, 5) is 35.9. The molecule has 5 rings (SSSR count). The van der Waals surface area contributed by atoms with E-state index in [2.05, 4.69) is 27.5 Å².